The van der Waals surface area contributed by atoms with Gasteiger partial charge in [0.1, 0.15) is 0 Å². The number of carbonyl (C=O) groups excluding carboxylic acids is 2. The molecule has 0 saturated heterocycles. The van der Waals surface area contributed by atoms with E-state index in [4.69, 9.17) is 4.74 Å². The predicted octanol–water partition coefficient (Wildman–Crippen LogP) is 1.77. The van der Waals surface area contributed by atoms with Crippen LogP contribution in [0.15, 0.2) is 47.4 Å². The monoisotopic (exact) mass is 394 g/mol. The fourth-order valence-corrected chi connectivity index (χ4v) is 2.80. The van der Waals surface area contributed by atoms with E-state index in [2.05, 4.69) is 10.9 Å². The minimum atomic E-state index is -3.48. The molecule has 0 aliphatic heterocycles. The van der Waals surface area contributed by atoms with E-state index >= 15 is 0 Å². The van der Waals surface area contributed by atoms with E-state index in [1.54, 1.807) is 13.0 Å². The number of ether oxygens (including phenoxy) is 1. The summed E-state index contributed by atoms with van der Waals surface area (Å²) >= 11 is 0. The van der Waals surface area contributed by atoms with Gasteiger partial charge in [0.15, 0.2) is 27.5 Å². The third-order valence-corrected chi connectivity index (χ3v) is 4.80. The van der Waals surface area contributed by atoms with Crippen molar-refractivity contribution in [1.29, 1.82) is 0 Å². The minimum absolute atomic E-state index is 0.0131. The van der Waals surface area contributed by atoms with Gasteiger partial charge in [-0.15, -0.1) is 0 Å². The van der Waals surface area contributed by atoms with Gasteiger partial charge in [0.2, 0.25) is 0 Å². The number of nitrogens with one attached hydrogen (secondary N) is 2. The molecule has 2 rings (SSSR count). The number of para-hydroxylation sites is 1. The van der Waals surface area contributed by atoms with Gasteiger partial charge in [0.05, 0.1) is 4.90 Å². The van der Waals surface area contributed by atoms with Crippen LogP contribution in [0.1, 0.15) is 22.8 Å². The zero-order valence-corrected chi connectivity index (χ0v) is 15.8. The van der Waals surface area contributed by atoms with Crippen molar-refractivity contribution >= 4 is 21.7 Å². The number of aryl methyl sites for hydroxylation is 1. The molecule has 2 aromatic carbocycles. The van der Waals surface area contributed by atoms with Crippen molar-refractivity contribution in [3.8, 4) is 5.75 Å². The highest BCUT2D eigenvalue weighted by Gasteiger charge is 2.19. The molecule has 0 aliphatic carbocycles. The largest absolute Gasteiger partial charge is 0.478 e. The van der Waals surface area contributed by atoms with Crippen LogP contribution < -0.4 is 15.6 Å². The molecule has 0 aliphatic rings. The Hall–Kier alpha value is -2.94. The van der Waals surface area contributed by atoms with Crippen molar-refractivity contribution < 1.29 is 27.1 Å². The number of benzene rings is 2. The summed E-state index contributed by atoms with van der Waals surface area (Å²) in [7, 11) is -3.48. The van der Waals surface area contributed by atoms with Gasteiger partial charge in [-0.3, -0.25) is 20.4 Å². The first-order chi connectivity index (χ1) is 12.6. The Kier molecular flexibility index (Phi) is 6.17. The van der Waals surface area contributed by atoms with Crippen LogP contribution in [0.4, 0.5) is 4.39 Å². The maximum atomic E-state index is 13.6. The zero-order chi connectivity index (χ0) is 20.2. The average molecular weight is 394 g/mol. The molecule has 0 saturated carbocycles. The molecular weight excluding hydrogens is 375 g/mol. The van der Waals surface area contributed by atoms with Crippen molar-refractivity contribution in [3.05, 3.63) is 59.4 Å². The van der Waals surface area contributed by atoms with Crippen LogP contribution in [0, 0.1) is 12.7 Å². The lowest BCUT2D eigenvalue weighted by atomic mass is 10.1. The molecule has 0 bridgehead atoms. The number of hydrogen-bond donors (Lipinski definition) is 2. The SMILES string of the molecule is Cc1ccc(S(C)(=O)=O)cc1C(=O)NNC(=O)[C@H](C)Oc1ccccc1F. The number of carbonyl (C=O) groups is 2. The molecule has 1 atom stereocenters. The van der Waals surface area contributed by atoms with Crippen molar-refractivity contribution in [1.82, 2.24) is 10.9 Å². The summed E-state index contributed by atoms with van der Waals surface area (Å²) in [6, 6.07) is 9.73. The molecule has 9 heteroatoms. The minimum Gasteiger partial charge on any atom is -0.478 e. The number of halogens is 1. The van der Waals surface area contributed by atoms with E-state index in [0.29, 0.717) is 5.56 Å². The molecule has 0 fully saturated rings. The molecule has 2 amide bonds. The lowest BCUT2D eigenvalue weighted by Crippen LogP contribution is -2.47. The Bertz CT molecular complexity index is 975. The quantitative estimate of drug-likeness (QED) is 0.753. The lowest BCUT2D eigenvalue weighted by Gasteiger charge is -2.16. The summed E-state index contributed by atoms with van der Waals surface area (Å²) in [6.45, 7) is 3.02. The molecule has 0 unspecified atom stereocenters. The van der Waals surface area contributed by atoms with Crippen LogP contribution >= 0.6 is 0 Å². The van der Waals surface area contributed by atoms with E-state index in [9.17, 15) is 22.4 Å². The van der Waals surface area contributed by atoms with Crippen molar-refractivity contribution in [2.75, 3.05) is 6.26 Å². The Morgan fingerprint density at radius 2 is 1.78 bits per heavy atom. The van der Waals surface area contributed by atoms with E-state index in [-0.39, 0.29) is 16.2 Å². The Labute approximate surface area is 156 Å². The number of rotatable bonds is 5. The third-order valence-electron chi connectivity index (χ3n) is 3.69. The van der Waals surface area contributed by atoms with Gasteiger partial charge >= 0.3 is 0 Å². The second kappa shape index (κ2) is 8.17. The highest BCUT2D eigenvalue weighted by atomic mass is 32.2. The number of sulfone groups is 1. The number of hydrazine groups is 1. The van der Waals surface area contributed by atoms with Gasteiger partial charge in [0, 0.05) is 11.8 Å². The Morgan fingerprint density at radius 3 is 2.41 bits per heavy atom. The third kappa shape index (κ3) is 5.27. The smallest absolute Gasteiger partial charge is 0.279 e. The molecule has 0 spiro atoms. The molecule has 0 heterocycles. The first-order valence-electron chi connectivity index (χ1n) is 7.91. The summed E-state index contributed by atoms with van der Waals surface area (Å²) in [5.41, 5.74) is 4.99. The lowest BCUT2D eigenvalue weighted by molar-refractivity contribution is -0.128. The average Bonchev–Trinajstić information content (AvgIpc) is 2.60. The van der Waals surface area contributed by atoms with Gasteiger partial charge < -0.3 is 4.74 Å². The predicted molar refractivity (Wildman–Crippen MR) is 96.4 cm³/mol. The molecule has 2 aromatic rings. The van der Waals surface area contributed by atoms with E-state index in [1.807, 2.05) is 0 Å². The van der Waals surface area contributed by atoms with Crippen LogP contribution in [-0.2, 0) is 14.6 Å². The van der Waals surface area contributed by atoms with Gasteiger partial charge in [-0.25, -0.2) is 12.8 Å². The van der Waals surface area contributed by atoms with E-state index in [1.165, 1.54) is 43.3 Å². The topological polar surface area (TPSA) is 102 Å². The molecule has 144 valence electrons. The van der Waals surface area contributed by atoms with Crippen LogP contribution in [0.25, 0.3) is 0 Å². The fourth-order valence-electron chi connectivity index (χ4n) is 2.15. The van der Waals surface area contributed by atoms with Crippen molar-refractivity contribution in [3.63, 3.8) is 0 Å². The van der Waals surface area contributed by atoms with Gasteiger partial charge in [-0.2, -0.15) is 0 Å². The normalized spacial score (nSPS) is 12.1. The van der Waals surface area contributed by atoms with Gasteiger partial charge in [-0.05, 0) is 43.7 Å². The second-order valence-electron chi connectivity index (χ2n) is 5.88. The summed E-state index contributed by atoms with van der Waals surface area (Å²) in [4.78, 5) is 24.3. The number of hydrogen-bond acceptors (Lipinski definition) is 5. The molecule has 0 radical (unpaired) electrons. The molecule has 0 aromatic heterocycles. The van der Waals surface area contributed by atoms with E-state index in [0.717, 1.165) is 6.26 Å². The molecule has 2 N–H and O–H groups in total. The van der Waals surface area contributed by atoms with Crippen LogP contribution in [0.3, 0.4) is 0 Å². The Morgan fingerprint density at radius 1 is 1.11 bits per heavy atom. The maximum absolute atomic E-state index is 13.6. The van der Waals surface area contributed by atoms with Crippen molar-refractivity contribution in [2.24, 2.45) is 0 Å². The van der Waals surface area contributed by atoms with Crippen LogP contribution in [0.2, 0.25) is 0 Å². The summed E-state index contributed by atoms with van der Waals surface area (Å²) in [6.07, 6.45) is -0.0475. The van der Waals surface area contributed by atoms with Gasteiger partial charge in [-0.1, -0.05) is 18.2 Å². The highest BCUT2D eigenvalue weighted by Crippen LogP contribution is 2.17. The molecular formula is C18H19FN2O5S. The molecule has 7 nitrogen and oxygen atoms in total. The zero-order valence-electron chi connectivity index (χ0n) is 14.9. The van der Waals surface area contributed by atoms with Crippen molar-refractivity contribution in [2.45, 2.75) is 24.8 Å². The fraction of sp³-hybridized carbons (Fsp3) is 0.222. The Balaban J connectivity index is 2.03. The van der Waals surface area contributed by atoms with Crippen LogP contribution in [0.5, 0.6) is 5.75 Å². The second-order valence-corrected chi connectivity index (χ2v) is 7.90. The summed E-state index contributed by atoms with van der Waals surface area (Å²) in [5.74, 6) is -2.11. The van der Waals surface area contributed by atoms with Crippen LogP contribution in [-0.4, -0.2) is 32.6 Å². The first-order valence-corrected chi connectivity index (χ1v) is 9.81. The number of amides is 2. The van der Waals surface area contributed by atoms with E-state index < -0.39 is 33.6 Å². The highest BCUT2D eigenvalue weighted by molar-refractivity contribution is 7.90. The first kappa shape index (κ1) is 20.4. The standard InChI is InChI=1S/C18H19FN2O5S/c1-11-8-9-13(27(3,24)25)10-14(11)18(23)21-20-17(22)12(2)26-16-7-5-4-6-15(16)19/h4-10,12H,1-3H3,(H,20,22)(H,21,23)/t12-/m0/s1. The maximum Gasteiger partial charge on any atom is 0.279 e. The summed E-state index contributed by atoms with van der Waals surface area (Å²) in [5, 5.41) is 0. The van der Waals surface area contributed by atoms with Gasteiger partial charge in [0.25, 0.3) is 11.8 Å². The summed E-state index contributed by atoms with van der Waals surface area (Å²) < 4.78 is 42.0. The molecule has 27 heavy (non-hydrogen) atoms.